The molecule has 9 heteroatoms. The largest absolute Gasteiger partial charge is 0.497 e. The third kappa shape index (κ3) is 4.89. The van der Waals surface area contributed by atoms with E-state index in [4.69, 9.17) is 4.74 Å². The van der Waals surface area contributed by atoms with Crippen molar-refractivity contribution in [2.75, 3.05) is 35.8 Å². The summed E-state index contributed by atoms with van der Waals surface area (Å²) in [7, 11) is -1.64. The predicted octanol–water partition coefficient (Wildman–Crippen LogP) is 2.38. The minimum Gasteiger partial charge on any atom is -0.497 e. The number of amides is 2. The van der Waals surface area contributed by atoms with Crippen LogP contribution in [0.3, 0.4) is 0 Å². The van der Waals surface area contributed by atoms with Gasteiger partial charge >= 0.3 is 0 Å². The van der Waals surface area contributed by atoms with Crippen molar-refractivity contribution >= 4 is 33.0 Å². The van der Waals surface area contributed by atoms with E-state index in [1.165, 1.54) is 4.90 Å². The van der Waals surface area contributed by atoms with Crippen LogP contribution in [0.5, 0.6) is 5.75 Å². The summed E-state index contributed by atoms with van der Waals surface area (Å²) >= 11 is 0. The number of carbonyl (C=O) groups excluding carboxylic acids is 2. The molecule has 8 nitrogen and oxygen atoms in total. The Kier molecular flexibility index (Phi) is 6.71. The summed E-state index contributed by atoms with van der Waals surface area (Å²) in [6.07, 6.45) is 1.81. The Bertz CT molecular complexity index is 1110. The molecule has 0 radical (unpaired) electrons. The minimum absolute atomic E-state index is 0.0850. The summed E-state index contributed by atoms with van der Waals surface area (Å²) in [5, 5.41) is 3.39. The number of nitrogens with zero attached hydrogens (tertiary/aromatic N) is 2. The van der Waals surface area contributed by atoms with E-state index in [0.29, 0.717) is 16.3 Å². The number of imide groups is 1. The highest BCUT2D eigenvalue weighted by Crippen LogP contribution is 2.27. The minimum atomic E-state index is -3.20. The van der Waals surface area contributed by atoms with Crippen molar-refractivity contribution < 1.29 is 22.7 Å². The first-order chi connectivity index (χ1) is 15.8. The van der Waals surface area contributed by atoms with Crippen LogP contribution in [-0.4, -0.2) is 58.3 Å². The lowest BCUT2D eigenvalue weighted by atomic mass is 10.0. The molecule has 0 saturated carbocycles. The second-order valence-corrected chi connectivity index (χ2v) is 10.6. The molecule has 1 atom stereocenters. The van der Waals surface area contributed by atoms with E-state index in [9.17, 15) is 18.0 Å². The summed E-state index contributed by atoms with van der Waals surface area (Å²) in [5.41, 5.74) is 1.54. The topological polar surface area (TPSA) is 96.0 Å². The van der Waals surface area contributed by atoms with Crippen LogP contribution >= 0.6 is 0 Å². The Hall–Kier alpha value is -2.91. The van der Waals surface area contributed by atoms with Crippen molar-refractivity contribution in [1.82, 2.24) is 5.32 Å². The predicted molar refractivity (Wildman–Crippen MR) is 126 cm³/mol. The summed E-state index contributed by atoms with van der Waals surface area (Å²) in [6.45, 7) is 3.21. The lowest BCUT2D eigenvalue weighted by Crippen LogP contribution is -2.48. The first kappa shape index (κ1) is 23.3. The van der Waals surface area contributed by atoms with Gasteiger partial charge in [0.2, 0.25) is 5.91 Å². The standard InChI is InChI=1S/C24H29N3O5S/c1-3-33(30,31)21-10-6-18(7-11-21)26-14-12-17(13-15-26)25-22-16-23(28)27(24(22)29)19-4-8-20(32-2)9-5-19/h4-11,17,22,25H,3,12-16H2,1-2H3. The summed E-state index contributed by atoms with van der Waals surface area (Å²) < 4.78 is 29.2. The normalized spacial score (nSPS) is 19.9. The van der Waals surface area contributed by atoms with Crippen molar-refractivity contribution in [3.05, 3.63) is 48.5 Å². The summed E-state index contributed by atoms with van der Waals surface area (Å²) in [6, 6.07) is 13.5. The van der Waals surface area contributed by atoms with E-state index in [2.05, 4.69) is 10.2 Å². The van der Waals surface area contributed by atoms with Gasteiger partial charge in [-0.05, 0) is 61.4 Å². The fourth-order valence-corrected chi connectivity index (χ4v) is 5.27. The fraction of sp³-hybridized carbons (Fsp3) is 0.417. The molecule has 2 aliphatic rings. The zero-order chi connectivity index (χ0) is 23.6. The molecule has 0 spiro atoms. The molecule has 0 bridgehead atoms. The lowest BCUT2D eigenvalue weighted by molar-refractivity contribution is -0.121. The Labute approximate surface area is 194 Å². The van der Waals surface area contributed by atoms with Gasteiger partial charge in [-0.1, -0.05) is 6.92 Å². The van der Waals surface area contributed by atoms with Crippen molar-refractivity contribution in [2.24, 2.45) is 0 Å². The lowest BCUT2D eigenvalue weighted by Gasteiger charge is -2.35. The number of hydrogen-bond donors (Lipinski definition) is 1. The van der Waals surface area contributed by atoms with E-state index in [-0.39, 0.29) is 30.0 Å². The molecule has 1 N–H and O–H groups in total. The van der Waals surface area contributed by atoms with Crippen LogP contribution in [0.1, 0.15) is 26.2 Å². The Balaban J connectivity index is 1.33. The van der Waals surface area contributed by atoms with E-state index < -0.39 is 15.9 Å². The van der Waals surface area contributed by atoms with Gasteiger partial charge in [0.15, 0.2) is 9.84 Å². The Morgan fingerprint density at radius 2 is 1.58 bits per heavy atom. The molecule has 2 aromatic carbocycles. The van der Waals surface area contributed by atoms with Gasteiger partial charge in [-0.3, -0.25) is 9.59 Å². The molecular formula is C24H29N3O5S. The second kappa shape index (κ2) is 9.52. The maximum absolute atomic E-state index is 12.9. The first-order valence-electron chi connectivity index (χ1n) is 11.2. The summed E-state index contributed by atoms with van der Waals surface area (Å²) in [4.78, 5) is 29.3. The van der Waals surface area contributed by atoms with Gasteiger partial charge in [-0.15, -0.1) is 0 Å². The number of ether oxygens (including phenoxy) is 1. The van der Waals surface area contributed by atoms with Gasteiger partial charge in [0.25, 0.3) is 5.91 Å². The molecule has 1 unspecified atom stereocenters. The fourth-order valence-electron chi connectivity index (χ4n) is 4.38. The average Bonchev–Trinajstić information content (AvgIpc) is 3.12. The number of nitrogens with one attached hydrogen (secondary N) is 1. The third-order valence-corrected chi connectivity index (χ3v) is 8.10. The third-order valence-electron chi connectivity index (χ3n) is 6.35. The number of carbonyl (C=O) groups is 2. The van der Waals surface area contributed by atoms with Crippen molar-refractivity contribution in [1.29, 1.82) is 0 Å². The summed E-state index contributed by atoms with van der Waals surface area (Å²) in [5.74, 6) is 0.324. The van der Waals surface area contributed by atoms with E-state index >= 15 is 0 Å². The smallest absolute Gasteiger partial charge is 0.251 e. The van der Waals surface area contributed by atoms with Crippen LogP contribution < -0.4 is 19.9 Å². The highest BCUT2D eigenvalue weighted by atomic mass is 32.2. The van der Waals surface area contributed by atoms with Crippen LogP contribution in [0.25, 0.3) is 0 Å². The SMILES string of the molecule is CCS(=O)(=O)c1ccc(N2CCC(NC3CC(=O)N(c4ccc(OC)cc4)C3=O)CC2)cc1. The maximum atomic E-state index is 12.9. The highest BCUT2D eigenvalue weighted by Gasteiger charge is 2.40. The second-order valence-electron chi connectivity index (χ2n) is 8.35. The van der Waals surface area contributed by atoms with Gasteiger partial charge in [0.05, 0.1) is 35.9 Å². The molecule has 2 aromatic rings. The number of sulfone groups is 1. The number of methoxy groups -OCH3 is 1. The average molecular weight is 472 g/mol. The van der Waals surface area contributed by atoms with Gasteiger partial charge < -0.3 is 15.0 Å². The molecule has 2 heterocycles. The Morgan fingerprint density at radius 1 is 0.970 bits per heavy atom. The maximum Gasteiger partial charge on any atom is 0.251 e. The zero-order valence-electron chi connectivity index (χ0n) is 18.9. The number of rotatable bonds is 7. The molecule has 2 aliphatic heterocycles. The zero-order valence-corrected chi connectivity index (χ0v) is 19.7. The van der Waals surface area contributed by atoms with Crippen LogP contribution in [0, 0.1) is 0 Å². The molecule has 0 aromatic heterocycles. The van der Waals surface area contributed by atoms with Crippen LogP contribution in [0.2, 0.25) is 0 Å². The van der Waals surface area contributed by atoms with Crippen LogP contribution in [0.4, 0.5) is 11.4 Å². The van der Waals surface area contributed by atoms with Crippen LogP contribution in [-0.2, 0) is 19.4 Å². The van der Waals surface area contributed by atoms with Crippen molar-refractivity contribution in [2.45, 2.75) is 43.2 Å². The van der Waals surface area contributed by atoms with E-state index in [0.717, 1.165) is 31.6 Å². The van der Waals surface area contributed by atoms with Crippen molar-refractivity contribution in [3.8, 4) is 5.75 Å². The molecule has 2 saturated heterocycles. The molecule has 0 aliphatic carbocycles. The molecule has 2 fully saturated rings. The quantitative estimate of drug-likeness (QED) is 0.620. The van der Waals surface area contributed by atoms with Crippen molar-refractivity contribution in [3.63, 3.8) is 0 Å². The number of hydrogen-bond acceptors (Lipinski definition) is 7. The van der Waals surface area contributed by atoms with Gasteiger partial charge in [-0.2, -0.15) is 0 Å². The molecule has 33 heavy (non-hydrogen) atoms. The van der Waals surface area contributed by atoms with Gasteiger partial charge in [0.1, 0.15) is 5.75 Å². The molecular weight excluding hydrogens is 442 g/mol. The monoisotopic (exact) mass is 471 g/mol. The number of anilines is 2. The molecule has 176 valence electrons. The Morgan fingerprint density at radius 3 is 2.15 bits per heavy atom. The van der Waals surface area contributed by atoms with Gasteiger partial charge in [0, 0.05) is 24.8 Å². The van der Waals surface area contributed by atoms with Gasteiger partial charge in [-0.25, -0.2) is 13.3 Å². The number of piperidine rings is 1. The van der Waals surface area contributed by atoms with E-state index in [1.54, 1.807) is 50.4 Å². The molecule has 2 amide bonds. The van der Waals surface area contributed by atoms with Crippen LogP contribution in [0.15, 0.2) is 53.4 Å². The first-order valence-corrected chi connectivity index (χ1v) is 12.8. The molecule has 4 rings (SSSR count). The highest BCUT2D eigenvalue weighted by molar-refractivity contribution is 7.91. The number of benzene rings is 2. The van der Waals surface area contributed by atoms with E-state index in [1.807, 2.05) is 12.1 Å².